The lowest BCUT2D eigenvalue weighted by Gasteiger charge is -2.11. The maximum absolute atomic E-state index is 2.46. The van der Waals surface area contributed by atoms with Crippen LogP contribution in [0.25, 0.3) is 66.1 Å². The summed E-state index contributed by atoms with van der Waals surface area (Å²) >= 11 is 0. The van der Waals surface area contributed by atoms with Crippen LogP contribution in [0.3, 0.4) is 0 Å². The topological polar surface area (TPSA) is 9.86 Å². The van der Waals surface area contributed by atoms with Crippen molar-refractivity contribution in [1.29, 1.82) is 0 Å². The van der Waals surface area contributed by atoms with Gasteiger partial charge in [0.05, 0.1) is 22.1 Å². The van der Waals surface area contributed by atoms with Crippen molar-refractivity contribution >= 4 is 43.6 Å². The fourth-order valence-electron chi connectivity index (χ4n) is 6.88. The highest BCUT2D eigenvalue weighted by Crippen LogP contribution is 2.43. The van der Waals surface area contributed by atoms with E-state index in [0.29, 0.717) is 0 Å². The molecule has 0 saturated carbocycles. The summed E-state index contributed by atoms with van der Waals surface area (Å²) in [4.78, 5) is 0. The molecule has 2 aromatic heterocycles. The molecular weight excluding hydrogens is 472 g/mol. The van der Waals surface area contributed by atoms with Crippen LogP contribution in [0.15, 0.2) is 133 Å². The average molecular weight is 497 g/mol. The number of hydrogen-bond donors (Lipinski definition) is 0. The first-order valence-electron chi connectivity index (χ1n) is 13.6. The molecule has 182 valence electrons. The zero-order valence-electron chi connectivity index (χ0n) is 21.3. The standard InChI is InChI=1S/C37H24N2/c1-2-11-26(12-3-1)39-33-16-8-6-14-29(33)30-20-21-35-36(37(30)39)31-15-7-9-17-34(31)38(35)27-19-18-25-22-24-10-4-5-13-28(24)32(25)23-27/h1-21,23H,22H2. The highest BCUT2D eigenvalue weighted by Gasteiger charge is 2.22. The molecule has 39 heavy (non-hydrogen) atoms. The summed E-state index contributed by atoms with van der Waals surface area (Å²) in [5.41, 5.74) is 12.9. The van der Waals surface area contributed by atoms with Crippen LogP contribution in [0.4, 0.5) is 0 Å². The Morgan fingerprint density at radius 3 is 1.97 bits per heavy atom. The van der Waals surface area contributed by atoms with E-state index in [0.717, 1.165) is 6.42 Å². The Morgan fingerprint density at radius 1 is 0.410 bits per heavy atom. The third-order valence-corrected chi connectivity index (χ3v) is 8.52. The number of fused-ring (bicyclic) bond motifs is 10. The van der Waals surface area contributed by atoms with Gasteiger partial charge in [0.15, 0.2) is 0 Å². The number of hydrogen-bond acceptors (Lipinski definition) is 0. The van der Waals surface area contributed by atoms with Gasteiger partial charge in [-0.2, -0.15) is 0 Å². The molecule has 0 spiro atoms. The fourth-order valence-corrected chi connectivity index (χ4v) is 6.88. The lowest BCUT2D eigenvalue weighted by atomic mass is 10.1. The van der Waals surface area contributed by atoms with E-state index in [2.05, 4.69) is 143 Å². The van der Waals surface area contributed by atoms with E-state index in [1.54, 1.807) is 0 Å². The Morgan fingerprint density at radius 2 is 1.10 bits per heavy atom. The fraction of sp³-hybridized carbons (Fsp3) is 0.0270. The van der Waals surface area contributed by atoms with Gasteiger partial charge in [0.25, 0.3) is 0 Å². The molecule has 8 aromatic rings. The van der Waals surface area contributed by atoms with Gasteiger partial charge in [-0.1, -0.05) is 91.0 Å². The van der Waals surface area contributed by atoms with Crippen LogP contribution in [-0.4, -0.2) is 9.13 Å². The summed E-state index contributed by atoms with van der Waals surface area (Å²) < 4.78 is 4.90. The van der Waals surface area contributed by atoms with E-state index in [4.69, 9.17) is 0 Å². The average Bonchev–Trinajstić information content (AvgIpc) is 3.65. The van der Waals surface area contributed by atoms with Crippen LogP contribution in [0.5, 0.6) is 0 Å². The van der Waals surface area contributed by atoms with Crippen LogP contribution in [0, 0.1) is 0 Å². The Hall–Kier alpha value is -5.08. The number of benzene rings is 6. The second kappa shape index (κ2) is 7.72. The van der Waals surface area contributed by atoms with Gasteiger partial charge in [0.2, 0.25) is 0 Å². The predicted molar refractivity (Wildman–Crippen MR) is 163 cm³/mol. The van der Waals surface area contributed by atoms with Crippen molar-refractivity contribution in [3.63, 3.8) is 0 Å². The summed E-state index contributed by atoms with van der Waals surface area (Å²) in [5, 5.41) is 5.14. The Labute approximate surface area is 226 Å². The molecule has 1 aliphatic carbocycles. The summed E-state index contributed by atoms with van der Waals surface area (Å²) in [7, 11) is 0. The molecule has 0 unspecified atom stereocenters. The van der Waals surface area contributed by atoms with Gasteiger partial charge in [0.1, 0.15) is 0 Å². The molecule has 0 atom stereocenters. The molecule has 0 N–H and O–H groups in total. The third-order valence-electron chi connectivity index (χ3n) is 8.52. The van der Waals surface area contributed by atoms with Crippen molar-refractivity contribution in [2.45, 2.75) is 6.42 Å². The Kier molecular flexibility index (Phi) is 4.14. The van der Waals surface area contributed by atoms with Crippen LogP contribution >= 0.6 is 0 Å². The largest absolute Gasteiger partial charge is 0.309 e. The van der Waals surface area contributed by atoms with Crippen molar-refractivity contribution in [3.8, 4) is 22.5 Å². The van der Waals surface area contributed by atoms with Crippen LogP contribution in [0.1, 0.15) is 11.1 Å². The Balaban J connectivity index is 1.44. The molecule has 6 aromatic carbocycles. The molecule has 0 bridgehead atoms. The zero-order valence-corrected chi connectivity index (χ0v) is 21.3. The van der Waals surface area contributed by atoms with E-state index < -0.39 is 0 Å². The third kappa shape index (κ3) is 2.81. The molecule has 9 rings (SSSR count). The van der Waals surface area contributed by atoms with Gasteiger partial charge in [-0.05, 0) is 71.1 Å². The van der Waals surface area contributed by atoms with Crippen molar-refractivity contribution in [3.05, 3.63) is 145 Å². The lowest BCUT2D eigenvalue weighted by Crippen LogP contribution is -1.96. The first-order chi connectivity index (χ1) is 19.4. The zero-order chi connectivity index (χ0) is 25.5. The minimum Gasteiger partial charge on any atom is -0.309 e. The molecule has 2 heteroatoms. The monoisotopic (exact) mass is 496 g/mol. The van der Waals surface area contributed by atoms with E-state index in [9.17, 15) is 0 Å². The van der Waals surface area contributed by atoms with Gasteiger partial charge in [-0.25, -0.2) is 0 Å². The SMILES string of the molecule is c1ccc(-n2c3ccccc3c3ccc4c(c5ccccc5n4-c4ccc5c(c4)-c4ccccc4C5)c32)cc1. The highest BCUT2D eigenvalue weighted by molar-refractivity contribution is 6.26. The normalized spacial score (nSPS) is 12.5. The first kappa shape index (κ1) is 20.9. The van der Waals surface area contributed by atoms with Crippen molar-refractivity contribution in [2.24, 2.45) is 0 Å². The molecule has 2 nitrogen and oxygen atoms in total. The Bertz CT molecular complexity index is 2250. The summed E-state index contributed by atoms with van der Waals surface area (Å²) in [5.74, 6) is 0. The van der Waals surface area contributed by atoms with E-state index in [1.165, 1.54) is 77.2 Å². The van der Waals surface area contributed by atoms with Gasteiger partial charge in [0, 0.05) is 32.9 Å². The van der Waals surface area contributed by atoms with Crippen molar-refractivity contribution < 1.29 is 0 Å². The quantitative estimate of drug-likeness (QED) is 0.226. The highest BCUT2D eigenvalue weighted by atomic mass is 15.0. The number of nitrogens with zero attached hydrogens (tertiary/aromatic N) is 2. The summed E-state index contributed by atoms with van der Waals surface area (Å²) in [6.07, 6.45) is 1.01. The van der Waals surface area contributed by atoms with Gasteiger partial charge in [-0.3, -0.25) is 0 Å². The van der Waals surface area contributed by atoms with Crippen molar-refractivity contribution in [1.82, 2.24) is 9.13 Å². The maximum atomic E-state index is 2.46. The molecular formula is C37H24N2. The molecule has 1 aliphatic rings. The number of para-hydroxylation sites is 3. The first-order valence-corrected chi connectivity index (χ1v) is 13.6. The minimum absolute atomic E-state index is 1.01. The molecule has 2 heterocycles. The van der Waals surface area contributed by atoms with E-state index in [1.807, 2.05) is 0 Å². The van der Waals surface area contributed by atoms with Gasteiger partial charge < -0.3 is 9.13 Å². The molecule has 0 fully saturated rings. The molecule has 0 radical (unpaired) electrons. The van der Waals surface area contributed by atoms with Crippen LogP contribution in [-0.2, 0) is 6.42 Å². The summed E-state index contributed by atoms with van der Waals surface area (Å²) in [6, 6.07) is 48.9. The summed E-state index contributed by atoms with van der Waals surface area (Å²) in [6.45, 7) is 0. The second-order valence-electron chi connectivity index (χ2n) is 10.6. The van der Waals surface area contributed by atoms with E-state index >= 15 is 0 Å². The number of rotatable bonds is 2. The predicted octanol–water partition coefficient (Wildman–Crippen LogP) is 9.45. The maximum Gasteiger partial charge on any atom is 0.0641 e. The second-order valence-corrected chi connectivity index (χ2v) is 10.6. The lowest BCUT2D eigenvalue weighted by molar-refractivity contribution is 1.17. The van der Waals surface area contributed by atoms with E-state index in [-0.39, 0.29) is 0 Å². The molecule has 0 aliphatic heterocycles. The smallest absolute Gasteiger partial charge is 0.0641 e. The van der Waals surface area contributed by atoms with Crippen LogP contribution < -0.4 is 0 Å². The van der Waals surface area contributed by atoms with Gasteiger partial charge in [-0.15, -0.1) is 0 Å². The number of aromatic nitrogens is 2. The minimum atomic E-state index is 1.01. The van der Waals surface area contributed by atoms with Crippen molar-refractivity contribution in [2.75, 3.05) is 0 Å². The van der Waals surface area contributed by atoms with Gasteiger partial charge >= 0.3 is 0 Å². The van der Waals surface area contributed by atoms with Crippen LogP contribution in [0.2, 0.25) is 0 Å². The molecule has 0 amide bonds. The molecule has 0 saturated heterocycles.